The van der Waals surface area contributed by atoms with Crippen LogP contribution < -0.4 is 18.8 Å². The number of amides is 1. The van der Waals surface area contributed by atoms with Gasteiger partial charge >= 0.3 is 193 Å². The summed E-state index contributed by atoms with van der Waals surface area (Å²) in [5, 5.41) is 4.41. The van der Waals surface area contributed by atoms with Gasteiger partial charge in [0.1, 0.15) is 0 Å². The average molecular weight is 661 g/mol. The van der Waals surface area contributed by atoms with Gasteiger partial charge in [-0.05, 0) is 19.3 Å². The van der Waals surface area contributed by atoms with E-state index in [2.05, 4.69) is 59.1 Å². The molecule has 2 aliphatic rings. The summed E-state index contributed by atoms with van der Waals surface area (Å²) in [5.74, 6) is 6.08. The molecule has 3 heterocycles. The quantitative estimate of drug-likeness (QED) is 0.200. The van der Waals surface area contributed by atoms with Gasteiger partial charge in [0, 0.05) is 6.07 Å². The number of carbonyl (C=O) groups excluding carboxylic acids is 1. The second-order valence-electron chi connectivity index (χ2n) is 12.3. The van der Waals surface area contributed by atoms with Crippen LogP contribution in [0.2, 0.25) is 11.5 Å². The SMILES string of the molecule is CC1CN(c2nc(-n3ccc(OCCC4(C(F)(F)F)CC4)n3)ccc2C(=O)NSc2ccc[c]([Ge]([CH3])[CH3])c2)C(C)(C)C1. The number of hydrogen-bond donors (Lipinski definition) is 1. The van der Waals surface area contributed by atoms with E-state index in [0.717, 1.165) is 17.9 Å². The molecule has 1 amide bonds. The van der Waals surface area contributed by atoms with E-state index in [4.69, 9.17) is 9.72 Å². The van der Waals surface area contributed by atoms with Crippen LogP contribution in [-0.4, -0.2) is 59.9 Å². The first kappa shape index (κ1) is 30.8. The van der Waals surface area contributed by atoms with Gasteiger partial charge in [-0.2, -0.15) is 13.2 Å². The zero-order chi connectivity index (χ0) is 30.3. The number of rotatable bonds is 10. The molecule has 1 saturated heterocycles. The van der Waals surface area contributed by atoms with E-state index in [1.54, 1.807) is 24.4 Å². The number of ether oxygens (including phenoxy) is 1. The second-order valence-corrected chi connectivity index (χ2v) is 18.6. The third-order valence-corrected chi connectivity index (χ3v) is 12.0. The molecule has 2 fully saturated rings. The van der Waals surface area contributed by atoms with Gasteiger partial charge < -0.3 is 4.74 Å². The molecule has 5 rings (SSSR count). The Hall–Kier alpha value is -2.67. The molecule has 1 unspecified atom stereocenters. The first-order chi connectivity index (χ1) is 19.8. The molecule has 225 valence electrons. The number of benzene rings is 1. The standard InChI is InChI=1S/C30H37F3GeN5O2S/c1-20-18-28(2,3)38(19-20)26-23(27(40)37-42-22-8-6-7-21(17-22)34(4)5)9-10-24(35-26)39-15-11-25(36-39)41-16-14-29(12-13-29)30(31,32)33/h6-11,15,17,20H,12-14,16,18-19H2,1-5H3,(H,37,40). The van der Waals surface area contributed by atoms with Crippen molar-refractivity contribution < 1.29 is 22.7 Å². The molecule has 0 bridgehead atoms. The summed E-state index contributed by atoms with van der Waals surface area (Å²) in [7, 11) is 0. The molecule has 1 N–H and O–H groups in total. The second kappa shape index (κ2) is 11.8. The van der Waals surface area contributed by atoms with Crippen molar-refractivity contribution in [2.45, 2.75) is 74.6 Å². The van der Waals surface area contributed by atoms with Gasteiger partial charge in [-0.25, -0.2) is 0 Å². The third-order valence-electron chi connectivity index (χ3n) is 8.19. The van der Waals surface area contributed by atoms with Crippen molar-refractivity contribution in [2.24, 2.45) is 11.3 Å². The van der Waals surface area contributed by atoms with E-state index in [9.17, 15) is 18.0 Å². The Morgan fingerprint density at radius 2 is 1.95 bits per heavy atom. The summed E-state index contributed by atoms with van der Waals surface area (Å²) >= 11 is 0.0637. The zero-order valence-electron chi connectivity index (χ0n) is 24.6. The fraction of sp³-hybridized carbons (Fsp3) is 0.500. The first-order valence-electron chi connectivity index (χ1n) is 14.2. The van der Waals surface area contributed by atoms with Gasteiger partial charge in [0.2, 0.25) is 5.88 Å². The monoisotopic (exact) mass is 662 g/mol. The molecular formula is C30H37F3GeN5O2S. The van der Waals surface area contributed by atoms with Gasteiger partial charge in [0.15, 0.2) is 0 Å². The van der Waals surface area contributed by atoms with Crippen LogP contribution in [0, 0.1) is 11.3 Å². The number of anilines is 1. The van der Waals surface area contributed by atoms with E-state index in [0.29, 0.717) is 23.1 Å². The van der Waals surface area contributed by atoms with E-state index in [1.807, 2.05) is 12.1 Å². The zero-order valence-corrected chi connectivity index (χ0v) is 27.5. The van der Waals surface area contributed by atoms with Crippen LogP contribution in [0.5, 0.6) is 5.88 Å². The van der Waals surface area contributed by atoms with Crippen molar-refractivity contribution in [2.75, 3.05) is 18.1 Å². The van der Waals surface area contributed by atoms with Crippen LogP contribution in [0.1, 0.15) is 56.8 Å². The molecular weight excluding hydrogens is 624 g/mol. The van der Waals surface area contributed by atoms with Gasteiger partial charge in [0.25, 0.3) is 0 Å². The first-order valence-corrected chi connectivity index (χ1v) is 20.3. The summed E-state index contributed by atoms with van der Waals surface area (Å²) < 4.78 is 51.2. The number of halogens is 3. The predicted molar refractivity (Wildman–Crippen MR) is 161 cm³/mol. The van der Waals surface area contributed by atoms with Crippen molar-refractivity contribution in [1.29, 1.82) is 0 Å². The molecule has 12 heteroatoms. The van der Waals surface area contributed by atoms with Crippen LogP contribution >= 0.6 is 11.9 Å². The summed E-state index contributed by atoms with van der Waals surface area (Å²) in [5.41, 5.74) is -1.35. The predicted octanol–water partition coefficient (Wildman–Crippen LogP) is 6.40. The summed E-state index contributed by atoms with van der Waals surface area (Å²) in [6, 6.07) is 13.4. The normalized spacial score (nSPS) is 19.3. The Morgan fingerprint density at radius 3 is 2.60 bits per heavy atom. The Morgan fingerprint density at radius 1 is 1.19 bits per heavy atom. The average Bonchev–Trinajstić information content (AvgIpc) is 3.50. The van der Waals surface area contributed by atoms with Crippen LogP contribution in [0.15, 0.2) is 53.6 Å². The molecule has 1 aliphatic carbocycles. The fourth-order valence-electron chi connectivity index (χ4n) is 5.63. The Bertz CT molecular complexity index is 1440. The molecule has 42 heavy (non-hydrogen) atoms. The number of alkyl halides is 3. The topological polar surface area (TPSA) is 72.3 Å². The van der Waals surface area contributed by atoms with Gasteiger partial charge in [-0.3, -0.25) is 0 Å². The number of nitrogens with one attached hydrogen (secondary N) is 1. The minimum atomic E-state index is -4.20. The molecule has 1 saturated carbocycles. The summed E-state index contributed by atoms with van der Waals surface area (Å²) in [4.78, 5) is 21.6. The Kier molecular flexibility index (Phi) is 8.64. The molecule has 7 nitrogen and oxygen atoms in total. The maximum atomic E-state index is 13.5. The third kappa shape index (κ3) is 6.61. The number of carbonyl (C=O) groups is 1. The molecule has 1 aromatic carbocycles. The van der Waals surface area contributed by atoms with Crippen LogP contribution in [0.3, 0.4) is 0 Å². The van der Waals surface area contributed by atoms with Crippen molar-refractivity contribution in [3.8, 4) is 11.7 Å². The maximum absolute atomic E-state index is 13.5. The van der Waals surface area contributed by atoms with Crippen molar-refractivity contribution >= 4 is 42.4 Å². The van der Waals surface area contributed by atoms with Crippen molar-refractivity contribution in [1.82, 2.24) is 19.5 Å². The molecule has 0 spiro atoms. The summed E-state index contributed by atoms with van der Waals surface area (Å²) in [6.45, 7) is 7.18. The number of aromatic nitrogens is 3. The van der Waals surface area contributed by atoms with Crippen LogP contribution in [0.4, 0.5) is 19.0 Å². The Labute approximate surface area is 253 Å². The van der Waals surface area contributed by atoms with Gasteiger partial charge in [-0.1, -0.05) is 0 Å². The number of pyridine rings is 1. The summed E-state index contributed by atoms with van der Waals surface area (Å²) in [6.07, 6.45) is -1.37. The van der Waals surface area contributed by atoms with Crippen LogP contribution in [-0.2, 0) is 0 Å². The van der Waals surface area contributed by atoms with E-state index in [1.165, 1.54) is 21.0 Å². The van der Waals surface area contributed by atoms with Gasteiger partial charge in [-0.15, -0.1) is 0 Å². The fourth-order valence-corrected chi connectivity index (χ4v) is 8.33. The molecule has 1 aliphatic heterocycles. The van der Waals surface area contributed by atoms with Gasteiger partial charge in [0.05, 0.1) is 12.0 Å². The molecule has 2 aromatic heterocycles. The Balaban J connectivity index is 1.35. The van der Waals surface area contributed by atoms with Crippen molar-refractivity contribution in [3.05, 3.63) is 54.2 Å². The molecule has 1 atom stereocenters. The van der Waals surface area contributed by atoms with E-state index >= 15 is 0 Å². The van der Waals surface area contributed by atoms with E-state index < -0.39 is 25.9 Å². The number of hydrogen-bond acceptors (Lipinski definition) is 6. The minimum absolute atomic E-state index is 0.0610. The molecule has 3 aromatic rings. The number of nitrogens with zero attached hydrogens (tertiary/aromatic N) is 4. The van der Waals surface area contributed by atoms with Crippen molar-refractivity contribution in [3.63, 3.8) is 0 Å². The molecule has 1 radical (unpaired) electrons. The van der Waals surface area contributed by atoms with E-state index in [-0.39, 0.29) is 43.2 Å². The van der Waals surface area contributed by atoms with Crippen LogP contribution in [0.25, 0.3) is 5.82 Å².